The van der Waals surface area contributed by atoms with Gasteiger partial charge < -0.3 is 11.1 Å². The van der Waals surface area contributed by atoms with Gasteiger partial charge in [-0.25, -0.2) is 0 Å². The molecule has 1 fully saturated rings. The highest BCUT2D eigenvalue weighted by atomic mass is 15.1. The Hall–Kier alpha value is -2.62. The Morgan fingerprint density at radius 1 is 0.821 bits per heavy atom. The Balaban J connectivity index is 1.43. The minimum Gasteiger partial charge on any atom is -0.398 e. The number of piperidine rings is 1. The van der Waals surface area contributed by atoms with Crippen molar-refractivity contribution in [2.75, 3.05) is 18.8 Å². The molecule has 3 N–H and O–H groups in total. The Kier molecular flexibility index (Phi) is 6.05. The third-order valence-corrected chi connectivity index (χ3v) is 5.68. The van der Waals surface area contributed by atoms with Gasteiger partial charge in [0.15, 0.2) is 0 Å². The molecule has 3 aromatic carbocycles. The summed E-state index contributed by atoms with van der Waals surface area (Å²) in [6.07, 6.45) is 2.31. The SMILES string of the molecule is Nc1ccccc1[C@@H](NC1CCN(Cc2ccccc2)CC1)c1ccccc1. The average Bonchev–Trinajstić information content (AvgIpc) is 2.75. The Bertz CT molecular complexity index is 855. The van der Waals surface area contributed by atoms with Crippen LogP contribution in [-0.2, 0) is 6.54 Å². The topological polar surface area (TPSA) is 41.3 Å². The van der Waals surface area contributed by atoms with Crippen molar-refractivity contribution in [1.29, 1.82) is 0 Å². The predicted octanol–water partition coefficient (Wildman–Crippen LogP) is 4.61. The molecule has 0 unspecified atom stereocenters. The first-order valence-electron chi connectivity index (χ1n) is 10.2. The third kappa shape index (κ3) is 4.61. The smallest absolute Gasteiger partial charge is 0.0599 e. The summed E-state index contributed by atoms with van der Waals surface area (Å²) in [6.45, 7) is 3.29. The van der Waals surface area contributed by atoms with Gasteiger partial charge in [0.25, 0.3) is 0 Å². The maximum Gasteiger partial charge on any atom is 0.0599 e. The largest absolute Gasteiger partial charge is 0.398 e. The molecule has 1 heterocycles. The number of likely N-dealkylation sites (tertiary alicyclic amines) is 1. The molecule has 0 aliphatic carbocycles. The number of para-hydroxylation sites is 1. The molecule has 144 valence electrons. The lowest BCUT2D eigenvalue weighted by Crippen LogP contribution is -2.43. The second-order valence-electron chi connectivity index (χ2n) is 7.68. The van der Waals surface area contributed by atoms with Crippen LogP contribution in [0.5, 0.6) is 0 Å². The molecule has 3 nitrogen and oxygen atoms in total. The fraction of sp³-hybridized carbons (Fsp3) is 0.280. The molecule has 0 radical (unpaired) electrons. The first-order chi connectivity index (χ1) is 13.8. The van der Waals surface area contributed by atoms with Crippen LogP contribution in [0.4, 0.5) is 5.69 Å². The van der Waals surface area contributed by atoms with Gasteiger partial charge in [-0.15, -0.1) is 0 Å². The van der Waals surface area contributed by atoms with E-state index in [-0.39, 0.29) is 6.04 Å². The van der Waals surface area contributed by atoms with Crippen LogP contribution >= 0.6 is 0 Å². The summed E-state index contributed by atoms with van der Waals surface area (Å²) in [4.78, 5) is 2.56. The van der Waals surface area contributed by atoms with Gasteiger partial charge in [-0.3, -0.25) is 4.90 Å². The van der Waals surface area contributed by atoms with Crippen molar-refractivity contribution in [2.24, 2.45) is 0 Å². The van der Waals surface area contributed by atoms with E-state index in [9.17, 15) is 0 Å². The van der Waals surface area contributed by atoms with Crippen LogP contribution in [0.25, 0.3) is 0 Å². The van der Waals surface area contributed by atoms with Crippen LogP contribution in [0.15, 0.2) is 84.9 Å². The van der Waals surface area contributed by atoms with Crippen LogP contribution in [0.3, 0.4) is 0 Å². The minimum absolute atomic E-state index is 0.132. The monoisotopic (exact) mass is 371 g/mol. The van der Waals surface area contributed by atoms with Crippen LogP contribution < -0.4 is 11.1 Å². The van der Waals surface area contributed by atoms with Gasteiger partial charge in [0, 0.05) is 18.3 Å². The summed E-state index contributed by atoms with van der Waals surface area (Å²) in [5, 5.41) is 3.91. The standard InChI is InChI=1S/C25H29N3/c26-24-14-8-7-13-23(24)25(21-11-5-2-6-12-21)27-22-15-17-28(18-16-22)19-20-9-3-1-4-10-20/h1-14,22,25,27H,15-19,26H2/t25-/m0/s1. The summed E-state index contributed by atoms with van der Waals surface area (Å²) in [5.41, 5.74) is 11.0. The molecule has 0 bridgehead atoms. The van der Waals surface area contributed by atoms with Crippen LogP contribution in [0.1, 0.15) is 35.6 Å². The van der Waals surface area contributed by atoms with E-state index >= 15 is 0 Å². The number of nitrogens with two attached hydrogens (primary N) is 1. The number of anilines is 1. The fourth-order valence-electron chi connectivity index (χ4n) is 4.12. The molecule has 0 aromatic heterocycles. The zero-order valence-electron chi connectivity index (χ0n) is 16.3. The normalized spacial score (nSPS) is 16.7. The van der Waals surface area contributed by atoms with Crippen LogP contribution in [-0.4, -0.2) is 24.0 Å². The van der Waals surface area contributed by atoms with Crippen molar-refractivity contribution < 1.29 is 0 Å². The molecule has 0 amide bonds. The minimum atomic E-state index is 0.132. The van der Waals surface area contributed by atoms with Crippen molar-refractivity contribution >= 4 is 5.69 Å². The summed E-state index contributed by atoms with van der Waals surface area (Å²) in [5.74, 6) is 0. The summed E-state index contributed by atoms with van der Waals surface area (Å²) in [7, 11) is 0. The fourth-order valence-corrected chi connectivity index (χ4v) is 4.12. The average molecular weight is 372 g/mol. The van der Waals surface area contributed by atoms with Crippen molar-refractivity contribution in [2.45, 2.75) is 31.5 Å². The molecule has 28 heavy (non-hydrogen) atoms. The second kappa shape index (κ2) is 9.05. The molecule has 3 aromatic rings. The van der Waals surface area contributed by atoms with Crippen LogP contribution in [0.2, 0.25) is 0 Å². The quantitative estimate of drug-likeness (QED) is 0.622. The van der Waals surface area contributed by atoms with Gasteiger partial charge in [-0.05, 0) is 48.7 Å². The number of nitrogens with one attached hydrogen (secondary N) is 1. The van der Waals surface area contributed by atoms with Crippen molar-refractivity contribution in [1.82, 2.24) is 10.2 Å². The molecular formula is C25H29N3. The molecule has 1 aliphatic rings. The number of rotatable bonds is 6. The number of nitrogens with zero attached hydrogens (tertiary/aromatic N) is 1. The van der Waals surface area contributed by atoms with Gasteiger partial charge in [-0.1, -0.05) is 78.9 Å². The van der Waals surface area contributed by atoms with E-state index in [1.807, 2.05) is 12.1 Å². The highest BCUT2D eigenvalue weighted by Gasteiger charge is 2.24. The third-order valence-electron chi connectivity index (χ3n) is 5.68. The van der Waals surface area contributed by atoms with E-state index in [0.29, 0.717) is 6.04 Å². The second-order valence-corrected chi connectivity index (χ2v) is 7.68. The molecular weight excluding hydrogens is 342 g/mol. The van der Waals surface area contributed by atoms with E-state index in [1.54, 1.807) is 0 Å². The summed E-state index contributed by atoms with van der Waals surface area (Å²) < 4.78 is 0. The van der Waals surface area contributed by atoms with E-state index < -0.39 is 0 Å². The number of hydrogen-bond acceptors (Lipinski definition) is 3. The van der Waals surface area contributed by atoms with Gasteiger partial charge in [0.2, 0.25) is 0 Å². The zero-order chi connectivity index (χ0) is 19.2. The Labute approximate surface area is 168 Å². The Morgan fingerprint density at radius 2 is 1.43 bits per heavy atom. The van der Waals surface area contributed by atoms with E-state index in [0.717, 1.165) is 38.2 Å². The number of nitrogen functional groups attached to an aromatic ring is 1. The first-order valence-corrected chi connectivity index (χ1v) is 10.2. The zero-order valence-corrected chi connectivity index (χ0v) is 16.3. The lowest BCUT2D eigenvalue weighted by atomic mass is 9.94. The van der Waals surface area contributed by atoms with E-state index in [4.69, 9.17) is 5.73 Å². The van der Waals surface area contributed by atoms with Crippen LogP contribution in [0, 0.1) is 0 Å². The lowest BCUT2D eigenvalue weighted by molar-refractivity contribution is 0.187. The molecule has 0 saturated carbocycles. The van der Waals surface area contributed by atoms with Gasteiger partial charge in [0.05, 0.1) is 6.04 Å². The maximum absolute atomic E-state index is 6.32. The molecule has 1 atom stereocenters. The highest BCUT2D eigenvalue weighted by molar-refractivity contribution is 5.51. The van der Waals surface area contributed by atoms with Gasteiger partial charge in [0.1, 0.15) is 0 Å². The van der Waals surface area contributed by atoms with Crippen molar-refractivity contribution in [3.8, 4) is 0 Å². The van der Waals surface area contributed by atoms with Gasteiger partial charge >= 0.3 is 0 Å². The maximum atomic E-state index is 6.32. The highest BCUT2D eigenvalue weighted by Crippen LogP contribution is 2.28. The Morgan fingerprint density at radius 3 is 2.11 bits per heavy atom. The van der Waals surface area contributed by atoms with E-state index in [2.05, 4.69) is 83.0 Å². The summed E-state index contributed by atoms with van der Waals surface area (Å²) in [6, 6.07) is 30.3. The molecule has 3 heteroatoms. The molecule has 0 spiro atoms. The number of benzene rings is 3. The van der Waals surface area contributed by atoms with Gasteiger partial charge in [-0.2, -0.15) is 0 Å². The predicted molar refractivity (Wildman–Crippen MR) is 117 cm³/mol. The van der Waals surface area contributed by atoms with E-state index in [1.165, 1.54) is 16.7 Å². The summed E-state index contributed by atoms with van der Waals surface area (Å²) >= 11 is 0. The molecule has 1 saturated heterocycles. The number of hydrogen-bond donors (Lipinski definition) is 2. The lowest BCUT2D eigenvalue weighted by Gasteiger charge is -2.35. The molecule has 4 rings (SSSR count). The first kappa shape index (κ1) is 18.7. The van der Waals surface area contributed by atoms with Crippen molar-refractivity contribution in [3.63, 3.8) is 0 Å². The molecule has 1 aliphatic heterocycles. The van der Waals surface area contributed by atoms with Crippen molar-refractivity contribution in [3.05, 3.63) is 102 Å².